The van der Waals surface area contributed by atoms with Gasteiger partial charge in [-0.25, -0.2) is 5.11 Å². The molecule has 2 unspecified atom stereocenters. The summed E-state index contributed by atoms with van der Waals surface area (Å²) in [7, 11) is 0. The van der Waals surface area contributed by atoms with Gasteiger partial charge in [0.15, 0.2) is 6.29 Å². The fourth-order valence-electron chi connectivity index (χ4n) is 2.75. The minimum atomic E-state index is -0.831. The monoisotopic (exact) mass is 285 g/mol. The van der Waals surface area contributed by atoms with Crippen LogP contribution in [0.4, 0.5) is 0 Å². The van der Waals surface area contributed by atoms with Crippen LogP contribution in [-0.4, -0.2) is 12.9 Å². The van der Waals surface area contributed by atoms with Gasteiger partial charge in [-0.2, -0.15) is 0 Å². The van der Waals surface area contributed by atoms with Crippen molar-refractivity contribution in [1.82, 2.24) is 0 Å². The Morgan fingerprint density at radius 2 is 1.55 bits per heavy atom. The second-order valence-electron chi connectivity index (χ2n) is 8.00. The number of ether oxygens (including phenoxy) is 1. The Hall–Kier alpha value is -0.0800. The van der Waals surface area contributed by atoms with Gasteiger partial charge >= 0.3 is 0 Å². The van der Waals surface area contributed by atoms with E-state index in [4.69, 9.17) is 4.74 Å². The molecule has 0 heterocycles. The van der Waals surface area contributed by atoms with Gasteiger partial charge in [-0.3, -0.25) is 0 Å². The minimum Gasteiger partial charge on any atom is -0.350 e. The largest absolute Gasteiger partial charge is 0.350 e. The van der Waals surface area contributed by atoms with E-state index in [-0.39, 0.29) is 0 Å². The molecule has 0 fully saturated rings. The summed E-state index contributed by atoms with van der Waals surface area (Å²) in [5.41, 5.74) is 0.301. The maximum Gasteiger partial charge on any atom is 0.191 e. The molecule has 0 spiro atoms. The Morgan fingerprint density at radius 3 is 2.10 bits per heavy atom. The van der Waals surface area contributed by atoms with E-state index in [1.54, 1.807) is 0 Å². The zero-order chi connectivity index (χ0) is 15.6. The Morgan fingerprint density at radius 1 is 0.950 bits per heavy atom. The van der Waals surface area contributed by atoms with E-state index in [9.17, 15) is 5.11 Å². The van der Waals surface area contributed by atoms with E-state index in [1.807, 2.05) is 0 Å². The topological polar surface area (TPSA) is 29.1 Å². The molecule has 0 aromatic carbocycles. The van der Waals surface area contributed by atoms with Crippen LogP contribution in [0, 0.1) is 17.3 Å². The summed E-state index contributed by atoms with van der Waals surface area (Å²) in [5, 5.41) is 11.8. The van der Waals surface area contributed by atoms with Crippen molar-refractivity contribution >= 4 is 0 Å². The van der Waals surface area contributed by atoms with Crippen LogP contribution in [-0.2, 0) is 9.84 Å². The fraction of sp³-hybridized carbons (Fsp3) is 1.00. The molecule has 0 bridgehead atoms. The predicted octanol–water partition coefficient (Wildman–Crippen LogP) is 5.83. The van der Waals surface area contributed by atoms with Crippen molar-refractivity contribution in [1.29, 1.82) is 0 Å². The highest BCUT2D eigenvalue weighted by Gasteiger charge is 2.18. The van der Waals surface area contributed by atoms with Gasteiger partial charge in [-0.05, 0) is 30.1 Å². The Balaban J connectivity index is 3.47. The molecule has 0 N–H and O–H groups in total. The SMILES string of the molecule is CC(C)CCCCCCOC([O])CC(C)CC(C)(C)C. The van der Waals surface area contributed by atoms with Crippen molar-refractivity contribution in [2.45, 2.75) is 92.8 Å². The molecular weight excluding hydrogens is 248 g/mol. The highest BCUT2D eigenvalue weighted by Crippen LogP contribution is 2.26. The van der Waals surface area contributed by atoms with Crippen LogP contribution in [0.3, 0.4) is 0 Å². The van der Waals surface area contributed by atoms with Crippen molar-refractivity contribution in [3.05, 3.63) is 0 Å². The summed E-state index contributed by atoms with van der Waals surface area (Å²) in [5.74, 6) is 1.25. The van der Waals surface area contributed by atoms with Crippen LogP contribution in [0.15, 0.2) is 0 Å². The molecule has 2 heteroatoms. The van der Waals surface area contributed by atoms with Crippen molar-refractivity contribution in [2.75, 3.05) is 6.61 Å². The number of hydrogen-bond donors (Lipinski definition) is 0. The summed E-state index contributed by atoms with van der Waals surface area (Å²) >= 11 is 0. The third-order valence-electron chi connectivity index (χ3n) is 3.54. The average Bonchev–Trinajstić information content (AvgIpc) is 2.24. The second kappa shape index (κ2) is 10.6. The van der Waals surface area contributed by atoms with Gasteiger partial charge in [0.2, 0.25) is 0 Å². The van der Waals surface area contributed by atoms with E-state index in [2.05, 4.69) is 41.5 Å². The first-order valence-corrected chi connectivity index (χ1v) is 8.48. The molecule has 0 rings (SSSR count). The Kier molecular flexibility index (Phi) is 10.6. The number of rotatable bonds is 11. The quantitative estimate of drug-likeness (QED) is 0.347. The van der Waals surface area contributed by atoms with Crippen molar-refractivity contribution < 1.29 is 9.84 Å². The molecule has 0 saturated heterocycles. The maximum absolute atomic E-state index is 11.8. The van der Waals surface area contributed by atoms with Gasteiger partial charge in [0.1, 0.15) is 0 Å². The van der Waals surface area contributed by atoms with Crippen LogP contribution in [0.5, 0.6) is 0 Å². The molecule has 0 aliphatic heterocycles. The van der Waals surface area contributed by atoms with Crippen LogP contribution >= 0.6 is 0 Å². The van der Waals surface area contributed by atoms with E-state index >= 15 is 0 Å². The van der Waals surface area contributed by atoms with E-state index in [1.165, 1.54) is 25.7 Å². The highest BCUT2D eigenvalue weighted by molar-refractivity contribution is 4.67. The molecule has 0 aromatic heterocycles. The lowest BCUT2D eigenvalue weighted by molar-refractivity contribution is -0.151. The van der Waals surface area contributed by atoms with Crippen LogP contribution < -0.4 is 0 Å². The van der Waals surface area contributed by atoms with Gasteiger partial charge in [-0.15, -0.1) is 0 Å². The average molecular weight is 285 g/mol. The van der Waals surface area contributed by atoms with E-state index in [0.29, 0.717) is 24.4 Å². The van der Waals surface area contributed by atoms with Gasteiger partial charge in [0, 0.05) is 13.0 Å². The van der Waals surface area contributed by atoms with E-state index in [0.717, 1.165) is 18.8 Å². The molecule has 2 nitrogen and oxygen atoms in total. The number of hydrogen-bond acceptors (Lipinski definition) is 1. The van der Waals surface area contributed by atoms with Crippen LogP contribution in [0.2, 0.25) is 0 Å². The number of unbranched alkanes of at least 4 members (excludes halogenated alkanes) is 3. The highest BCUT2D eigenvalue weighted by atomic mass is 16.6. The first-order valence-electron chi connectivity index (χ1n) is 8.48. The summed E-state index contributed by atoms with van der Waals surface area (Å²) < 4.78 is 5.40. The van der Waals surface area contributed by atoms with Crippen LogP contribution in [0.25, 0.3) is 0 Å². The fourth-order valence-corrected chi connectivity index (χ4v) is 2.75. The molecule has 0 saturated carbocycles. The van der Waals surface area contributed by atoms with E-state index < -0.39 is 6.29 Å². The maximum atomic E-state index is 11.8. The zero-order valence-electron chi connectivity index (χ0n) is 14.7. The second-order valence-corrected chi connectivity index (χ2v) is 8.00. The van der Waals surface area contributed by atoms with Gasteiger partial charge < -0.3 is 4.74 Å². The summed E-state index contributed by atoms with van der Waals surface area (Å²) in [6.07, 6.45) is 7.02. The van der Waals surface area contributed by atoms with Crippen molar-refractivity contribution in [3.8, 4) is 0 Å². The minimum absolute atomic E-state index is 0.301. The van der Waals surface area contributed by atoms with Crippen molar-refractivity contribution in [3.63, 3.8) is 0 Å². The molecule has 0 amide bonds. The molecule has 1 radical (unpaired) electrons. The first-order chi connectivity index (χ1) is 9.20. The third kappa shape index (κ3) is 14.3. The standard InChI is InChI=1S/C18H37O2/c1-15(2)11-9-7-8-10-12-20-17(19)13-16(3)14-18(4,5)6/h15-17H,7-14H2,1-6H3. The summed E-state index contributed by atoms with van der Waals surface area (Å²) in [4.78, 5) is 0. The molecule has 0 aromatic rings. The lowest BCUT2D eigenvalue weighted by Gasteiger charge is -2.24. The smallest absolute Gasteiger partial charge is 0.191 e. The van der Waals surface area contributed by atoms with Gasteiger partial charge in [0.25, 0.3) is 0 Å². The van der Waals surface area contributed by atoms with Gasteiger partial charge in [-0.1, -0.05) is 67.2 Å². The molecule has 121 valence electrons. The van der Waals surface area contributed by atoms with Gasteiger partial charge in [0.05, 0.1) is 0 Å². The normalized spacial score (nSPS) is 15.6. The predicted molar refractivity (Wildman–Crippen MR) is 86.2 cm³/mol. The lowest BCUT2D eigenvalue weighted by atomic mass is 9.84. The lowest BCUT2D eigenvalue weighted by Crippen LogP contribution is -2.19. The first kappa shape index (κ1) is 19.9. The Bertz CT molecular complexity index is 218. The molecule has 20 heavy (non-hydrogen) atoms. The Labute approximate surface area is 127 Å². The van der Waals surface area contributed by atoms with Crippen LogP contribution in [0.1, 0.15) is 86.5 Å². The summed E-state index contributed by atoms with van der Waals surface area (Å²) in [6.45, 7) is 14.0. The third-order valence-corrected chi connectivity index (χ3v) is 3.54. The molecule has 0 aliphatic carbocycles. The molecule has 0 aliphatic rings. The zero-order valence-corrected chi connectivity index (χ0v) is 14.7. The molecular formula is C18H37O2. The molecule has 2 atom stereocenters. The summed E-state index contributed by atoms with van der Waals surface area (Å²) in [6, 6.07) is 0. The van der Waals surface area contributed by atoms with Crippen molar-refractivity contribution in [2.24, 2.45) is 17.3 Å².